The van der Waals surface area contributed by atoms with Gasteiger partial charge in [0, 0.05) is 27.2 Å². The van der Waals surface area contributed by atoms with E-state index in [1.807, 2.05) is 28.7 Å². The smallest absolute Gasteiger partial charge is 0.281 e. The lowest BCUT2D eigenvalue weighted by Gasteiger charge is -2.14. The maximum Gasteiger partial charge on any atom is 0.281 e. The highest BCUT2D eigenvalue weighted by molar-refractivity contribution is 14.1. The maximum absolute atomic E-state index is 12.3. The number of benzene rings is 2. The zero-order chi connectivity index (χ0) is 16.5. The van der Waals surface area contributed by atoms with Crippen LogP contribution < -0.4 is 5.11 Å². The predicted octanol–water partition coefficient (Wildman–Crippen LogP) is 3.65. The van der Waals surface area contributed by atoms with Gasteiger partial charge in [0.25, 0.3) is 10.0 Å². The zero-order valence-corrected chi connectivity index (χ0v) is 18.6. The van der Waals surface area contributed by atoms with Crippen LogP contribution in [0.4, 0.5) is 0 Å². The first-order chi connectivity index (χ1) is 10.2. The molecule has 0 aliphatic heterocycles. The summed E-state index contributed by atoms with van der Waals surface area (Å²) in [7, 11) is -4.09. The Morgan fingerprint density at radius 3 is 2.45 bits per heavy atom. The van der Waals surface area contributed by atoms with Crippen molar-refractivity contribution in [3.05, 3.63) is 57.7 Å². The van der Waals surface area contributed by atoms with Crippen LogP contribution in [0.25, 0.3) is 0 Å². The number of halogens is 4. The van der Waals surface area contributed by atoms with Gasteiger partial charge in [-0.25, -0.2) is 0 Å². The van der Waals surface area contributed by atoms with Gasteiger partial charge in [-0.1, -0.05) is 17.7 Å². The molecule has 0 aromatic heterocycles. The van der Waals surface area contributed by atoms with Gasteiger partial charge in [0.2, 0.25) is 0 Å². The van der Waals surface area contributed by atoms with Crippen LogP contribution in [0.1, 0.15) is 5.56 Å². The first-order valence-electron chi connectivity index (χ1n) is 5.63. The van der Waals surface area contributed by atoms with Gasteiger partial charge in [-0.15, -0.1) is 0 Å². The van der Waals surface area contributed by atoms with E-state index < -0.39 is 15.9 Å². The van der Waals surface area contributed by atoms with Crippen LogP contribution in [0.5, 0.6) is 0 Å². The summed E-state index contributed by atoms with van der Waals surface area (Å²) < 4.78 is 30.2. The van der Waals surface area contributed by atoms with E-state index in [2.05, 4.69) is 49.6 Å². The lowest BCUT2D eigenvalue weighted by Crippen LogP contribution is -2.22. The van der Waals surface area contributed by atoms with E-state index >= 15 is 0 Å². The third kappa shape index (κ3) is 4.45. The Morgan fingerprint density at radius 1 is 1.14 bits per heavy atom. The molecule has 0 amide bonds. The molecule has 0 aliphatic carbocycles. The minimum atomic E-state index is -4.09. The van der Waals surface area contributed by atoms with Crippen molar-refractivity contribution in [2.24, 2.45) is 4.40 Å². The van der Waals surface area contributed by atoms with E-state index in [0.29, 0.717) is 3.57 Å². The number of sulfonamides is 1. The first kappa shape index (κ1) is 18.7. The Morgan fingerprint density at radius 2 is 1.82 bits per heavy atom. The second kappa shape index (κ2) is 7.49. The van der Waals surface area contributed by atoms with E-state index in [-0.39, 0.29) is 15.5 Å². The van der Waals surface area contributed by atoms with Gasteiger partial charge in [0.15, 0.2) is 0 Å². The van der Waals surface area contributed by atoms with Crippen LogP contribution in [0, 0.1) is 10.7 Å². The molecule has 0 fully saturated rings. The third-order valence-electron chi connectivity index (χ3n) is 2.52. The molecule has 0 aliphatic rings. The Labute approximate surface area is 173 Å². The zero-order valence-electron chi connectivity index (χ0n) is 10.6. The average molecular weight is 672 g/mol. The van der Waals surface area contributed by atoms with Crippen LogP contribution in [-0.2, 0) is 10.0 Å². The quantitative estimate of drug-likeness (QED) is 0.217. The van der Waals surface area contributed by atoms with E-state index in [1.165, 1.54) is 18.2 Å². The van der Waals surface area contributed by atoms with Crippen LogP contribution in [0.2, 0.25) is 5.02 Å². The van der Waals surface area contributed by atoms with Crippen LogP contribution in [-0.4, -0.2) is 14.3 Å². The molecule has 4 nitrogen and oxygen atoms in total. The molecule has 2 aromatic rings. The molecule has 2 rings (SSSR count). The monoisotopic (exact) mass is 672 g/mol. The van der Waals surface area contributed by atoms with Crippen LogP contribution >= 0.6 is 79.4 Å². The highest BCUT2D eigenvalue weighted by atomic mass is 127. The fourth-order valence-electron chi connectivity index (χ4n) is 1.55. The van der Waals surface area contributed by atoms with Gasteiger partial charge in [-0.2, -0.15) is 12.8 Å². The van der Waals surface area contributed by atoms with Gasteiger partial charge in [-0.05, 0) is 98.1 Å². The average Bonchev–Trinajstić information content (AvgIpc) is 2.42. The summed E-state index contributed by atoms with van der Waals surface area (Å²) in [4.78, 5) is -0.108. The van der Waals surface area contributed by atoms with Crippen molar-refractivity contribution in [1.29, 1.82) is 0 Å². The largest absolute Gasteiger partial charge is 0.858 e. The normalized spacial score (nSPS) is 12.5. The molecule has 0 unspecified atom stereocenters. The Hall–Kier alpha value is 0.340. The molecule has 0 atom stereocenters. The van der Waals surface area contributed by atoms with Gasteiger partial charge in [0.05, 0.1) is 4.90 Å². The van der Waals surface area contributed by atoms with Crippen molar-refractivity contribution in [3.8, 4) is 0 Å². The number of nitrogens with zero attached hydrogens (tertiary/aromatic N) is 1. The highest BCUT2D eigenvalue weighted by Gasteiger charge is 2.14. The summed E-state index contributed by atoms with van der Waals surface area (Å²) in [5.41, 5.74) is 0.266. The fourth-order valence-corrected chi connectivity index (χ4v) is 5.14. The molecule has 116 valence electrons. The Bertz CT molecular complexity index is 869. The molecule has 2 aromatic carbocycles. The van der Waals surface area contributed by atoms with Gasteiger partial charge in [-0.3, -0.25) is 0 Å². The van der Waals surface area contributed by atoms with Gasteiger partial charge < -0.3 is 5.11 Å². The molecule has 0 spiro atoms. The molecular weight excluding hydrogens is 666 g/mol. The number of hydrogen-bond donors (Lipinski definition) is 0. The molecule has 22 heavy (non-hydrogen) atoms. The maximum atomic E-state index is 12.3. The van der Waals surface area contributed by atoms with Crippen molar-refractivity contribution in [2.45, 2.75) is 4.90 Å². The molecule has 0 heterocycles. The predicted molar refractivity (Wildman–Crippen MR) is 110 cm³/mol. The summed E-state index contributed by atoms with van der Waals surface area (Å²) in [6.45, 7) is 0. The third-order valence-corrected chi connectivity index (χ3v) is 7.68. The lowest BCUT2D eigenvalue weighted by molar-refractivity contribution is -0.212. The lowest BCUT2D eigenvalue weighted by atomic mass is 10.2. The van der Waals surface area contributed by atoms with E-state index in [1.54, 1.807) is 12.1 Å². The van der Waals surface area contributed by atoms with Gasteiger partial charge in [0.1, 0.15) is 0 Å². The number of hydrogen-bond acceptors (Lipinski definition) is 3. The van der Waals surface area contributed by atoms with Crippen molar-refractivity contribution in [1.82, 2.24) is 0 Å². The summed E-state index contributed by atoms with van der Waals surface area (Å²) in [6, 6.07) is 9.16. The Kier molecular flexibility index (Phi) is 6.36. The van der Waals surface area contributed by atoms with Crippen molar-refractivity contribution >= 4 is 95.3 Å². The first-order valence-corrected chi connectivity index (χ1v) is 10.7. The second-order valence-electron chi connectivity index (χ2n) is 4.08. The minimum absolute atomic E-state index is 0.108. The molecule has 0 saturated heterocycles. The molecule has 0 N–H and O–H groups in total. The topological polar surface area (TPSA) is 69.6 Å². The molecule has 0 radical (unpaired) electrons. The highest BCUT2D eigenvalue weighted by Crippen LogP contribution is 2.24. The Balaban J connectivity index is 2.53. The molecule has 0 saturated carbocycles. The summed E-state index contributed by atoms with van der Waals surface area (Å²) in [5, 5.41) is 12.5. The summed E-state index contributed by atoms with van der Waals surface area (Å²) in [6.07, 6.45) is 0. The van der Waals surface area contributed by atoms with Crippen molar-refractivity contribution < 1.29 is 13.5 Å². The molecule has 0 bridgehead atoms. The molecule has 9 heteroatoms. The van der Waals surface area contributed by atoms with Crippen LogP contribution in [0.15, 0.2) is 45.7 Å². The molecular formula is C13H6ClI3NO3S-. The summed E-state index contributed by atoms with van der Waals surface area (Å²) in [5.74, 6) is -0.791. The van der Waals surface area contributed by atoms with E-state index in [4.69, 9.17) is 11.6 Å². The van der Waals surface area contributed by atoms with Crippen molar-refractivity contribution in [2.75, 3.05) is 0 Å². The van der Waals surface area contributed by atoms with E-state index in [9.17, 15) is 13.5 Å². The standard InChI is InChI=1S/C13H7ClI3NO3S/c14-7-2-1-3-9(4-7)22(20,21)18-13(19)10-5-8(15)6-11(16)12(10)17/h1-6H,(H,18,19)/p-1. The summed E-state index contributed by atoms with van der Waals surface area (Å²) >= 11 is 11.9. The number of rotatable bonds is 3. The van der Waals surface area contributed by atoms with Gasteiger partial charge >= 0.3 is 0 Å². The fraction of sp³-hybridized carbons (Fsp3) is 0. The van der Waals surface area contributed by atoms with E-state index in [0.717, 1.165) is 7.14 Å². The minimum Gasteiger partial charge on any atom is -0.858 e. The second-order valence-corrected chi connectivity index (χ2v) is 9.61. The SMILES string of the molecule is O=S(=O)(/N=C(\[O-])c1cc(I)cc(I)c1I)c1cccc(Cl)c1. The van der Waals surface area contributed by atoms with Crippen molar-refractivity contribution in [3.63, 3.8) is 0 Å². The van der Waals surface area contributed by atoms with Crippen LogP contribution in [0.3, 0.4) is 0 Å².